The molecule has 0 fully saturated rings. The highest BCUT2D eigenvalue weighted by Crippen LogP contribution is 2.38. The highest BCUT2D eigenvalue weighted by molar-refractivity contribution is 7.99. The maximum atomic E-state index is 12.8. The van der Waals surface area contributed by atoms with Gasteiger partial charge in [-0.25, -0.2) is 4.98 Å². The smallest absolute Gasteiger partial charge is 0.257 e. The number of fused-ring (bicyclic) bond motifs is 1. The van der Waals surface area contributed by atoms with Crippen LogP contribution < -0.4 is 20.3 Å². The van der Waals surface area contributed by atoms with Gasteiger partial charge in [0.25, 0.3) is 5.56 Å². The van der Waals surface area contributed by atoms with Crippen LogP contribution in [0.1, 0.15) is 50.7 Å². The summed E-state index contributed by atoms with van der Waals surface area (Å²) in [6.45, 7) is 6.88. The van der Waals surface area contributed by atoms with Gasteiger partial charge in [-0.1, -0.05) is 24.8 Å². The molecule has 2 N–H and O–H groups in total. The predicted octanol–water partition coefficient (Wildman–Crippen LogP) is 3.54. The number of ether oxygens (including phenoxy) is 2. The normalized spacial score (nSPS) is 15.7. The van der Waals surface area contributed by atoms with E-state index in [-0.39, 0.29) is 23.8 Å². The number of amides is 1. The van der Waals surface area contributed by atoms with Crippen molar-refractivity contribution in [3.63, 3.8) is 0 Å². The number of nitrogens with one attached hydrogen (secondary N) is 2. The highest BCUT2D eigenvalue weighted by Gasteiger charge is 2.31. The maximum Gasteiger partial charge on any atom is 0.257 e. The van der Waals surface area contributed by atoms with Crippen molar-refractivity contribution in [1.82, 2.24) is 9.97 Å². The van der Waals surface area contributed by atoms with E-state index < -0.39 is 0 Å². The Morgan fingerprint density at radius 1 is 1.14 bits per heavy atom. The summed E-state index contributed by atoms with van der Waals surface area (Å²) in [5.74, 6) is 1.89. The fourth-order valence-electron chi connectivity index (χ4n) is 3.19. The van der Waals surface area contributed by atoms with Crippen molar-refractivity contribution in [2.75, 3.05) is 24.3 Å². The molecule has 0 saturated heterocycles. The van der Waals surface area contributed by atoms with Crippen LogP contribution in [0.5, 0.6) is 11.5 Å². The molecule has 1 aliphatic heterocycles. The second-order valence-corrected chi connectivity index (χ2v) is 7.44. The standard InChI is InChI=1S/C20H25N3O4S/c1-4-9-28-20-22-18-17(19(25)23-20)13(11-16(24)21-18)12-7-8-14(26-5-2)15(10-12)27-6-3/h7-8,10,13H,4-6,9,11H2,1-3H3,(H2,21,22,23,24,25). The highest BCUT2D eigenvalue weighted by atomic mass is 32.2. The van der Waals surface area contributed by atoms with Gasteiger partial charge in [-0.3, -0.25) is 9.59 Å². The van der Waals surface area contributed by atoms with Crippen molar-refractivity contribution in [3.8, 4) is 11.5 Å². The summed E-state index contributed by atoms with van der Waals surface area (Å²) in [6.07, 6.45) is 1.14. The first-order chi connectivity index (χ1) is 13.6. The Morgan fingerprint density at radius 3 is 2.61 bits per heavy atom. The van der Waals surface area contributed by atoms with Gasteiger partial charge in [0.05, 0.1) is 18.8 Å². The van der Waals surface area contributed by atoms with Crippen molar-refractivity contribution >= 4 is 23.5 Å². The predicted molar refractivity (Wildman–Crippen MR) is 110 cm³/mol. The molecule has 8 heteroatoms. The van der Waals surface area contributed by atoms with Gasteiger partial charge in [0, 0.05) is 18.1 Å². The van der Waals surface area contributed by atoms with E-state index >= 15 is 0 Å². The lowest BCUT2D eigenvalue weighted by molar-refractivity contribution is -0.116. The van der Waals surface area contributed by atoms with Crippen LogP contribution in [0.15, 0.2) is 28.2 Å². The maximum absolute atomic E-state index is 12.8. The number of hydrogen-bond acceptors (Lipinski definition) is 6. The van der Waals surface area contributed by atoms with Crippen LogP contribution in [0.2, 0.25) is 0 Å². The van der Waals surface area contributed by atoms with E-state index in [0.717, 1.165) is 17.7 Å². The molecule has 0 aliphatic carbocycles. The lowest BCUT2D eigenvalue weighted by atomic mass is 9.86. The Kier molecular flexibility index (Phi) is 6.61. The number of carbonyl (C=O) groups excluding carboxylic acids is 1. The van der Waals surface area contributed by atoms with Crippen molar-refractivity contribution in [2.45, 2.75) is 44.7 Å². The molecule has 1 aromatic carbocycles. The van der Waals surface area contributed by atoms with Crippen LogP contribution in [-0.4, -0.2) is 34.8 Å². The van der Waals surface area contributed by atoms with E-state index in [1.165, 1.54) is 11.8 Å². The summed E-state index contributed by atoms with van der Waals surface area (Å²) in [5, 5.41) is 3.27. The first kappa shape index (κ1) is 20.3. The van der Waals surface area contributed by atoms with E-state index in [2.05, 4.69) is 22.2 Å². The van der Waals surface area contributed by atoms with Gasteiger partial charge in [0.15, 0.2) is 16.7 Å². The monoisotopic (exact) mass is 403 g/mol. The fourth-order valence-corrected chi connectivity index (χ4v) is 3.91. The number of aromatic amines is 1. The van der Waals surface area contributed by atoms with Gasteiger partial charge >= 0.3 is 0 Å². The summed E-state index contributed by atoms with van der Waals surface area (Å²) in [6, 6.07) is 5.55. The zero-order valence-corrected chi connectivity index (χ0v) is 17.1. The average Bonchev–Trinajstić information content (AvgIpc) is 2.67. The summed E-state index contributed by atoms with van der Waals surface area (Å²) in [5.41, 5.74) is 1.08. The lowest BCUT2D eigenvalue weighted by Crippen LogP contribution is -2.31. The Hall–Kier alpha value is -2.48. The lowest BCUT2D eigenvalue weighted by Gasteiger charge is -2.25. The molecule has 28 heavy (non-hydrogen) atoms. The Morgan fingerprint density at radius 2 is 1.89 bits per heavy atom. The number of aromatic nitrogens is 2. The Bertz CT molecular complexity index is 913. The molecule has 1 aromatic heterocycles. The number of carbonyl (C=O) groups is 1. The molecule has 1 atom stereocenters. The SMILES string of the molecule is CCCSc1nc2c(c(=O)[nH]1)C(c1ccc(OCC)c(OCC)c1)CC(=O)N2. The van der Waals surface area contributed by atoms with Crippen molar-refractivity contribution in [3.05, 3.63) is 39.7 Å². The largest absolute Gasteiger partial charge is 0.490 e. The Labute approximate surface area is 168 Å². The summed E-state index contributed by atoms with van der Waals surface area (Å²) in [7, 11) is 0. The second kappa shape index (κ2) is 9.14. The third-order valence-electron chi connectivity index (χ3n) is 4.34. The number of hydrogen-bond donors (Lipinski definition) is 2. The number of anilines is 1. The van der Waals surface area contributed by atoms with Gasteiger partial charge in [0.2, 0.25) is 5.91 Å². The molecule has 7 nitrogen and oxygen atoms in total. The molecular weight excluding hydrogens is 378 g/mol. The number of nitrogens with zero attached hydrogens (tertiary/aromatic N) is 1. The molecule has 3 rings (SSSR count). The van der Waals surface area contributed by atoms with Crippen LogP contribution >= 0.6 is 11.8 Å². The van der Waals surface area contributed by atoms with E-state index in [1.807, 2.05) is 32.0 Å². The third-order valence-corrected chi connectivity index (χ3v) is 5.42. The number of benzene rings is 1. The van der Waals surface area contributed by atoms with Crippen molar-refractivity contribution in [1.29, 1.82) is 0 Å². The second-order valence-electron chi connectivity index (χ2n) is 6.36. The number of rotatable bonds is 8. The molecule has 0 bridgehead atoms. The zero-order chi connectivity index (χ0) is 20.1. The van der Waals surface area contributed by atoms with Gasteiger partial charge in [-0.15, -0.1) is 0 Å². The van der Waals surface area contributed by atoms with Gasteiger partial charge < -0.3 is 19.8 Å². The molecule has 2 heterocycles. The molecule has 150 valence electrons. The van der Waals surface area contributed by atoms with E-state index in [1.54, 1.807) is 0 Å². The quantitative estimate of drug-likeness (QED) is 0.517. The zero-order valence-electron chi connectivity index (χ0n) is 16.3. The number of thioether (sulfide) groups is 1. The summed E-state index contributed by atoms with van der Waals surface area (Å²) >= 11 is 1.47. The summed E-state index contributed by atoms with van der Waals surface area (Å²) in [4.78, 5) is 32.4. The summed E-state index contributed by atoms with van der Waals surface area (Å²) < 4.78 is 11.3. The molecule has 1 aliphatic rings. The minimum Gasteiger partial charge on any atom is -0.490 e. The first-order valence-corrected chi connectivity index (χ1v) is 10.5. The van der Waals surface area contributed by atoms with Crippen molar-refractivity contribution < 1.29 is 14.3 Å². The number of H-pyrrole nitrogens is 1. The van der Waals surface area contributed by atoms with Crippen LogP contribution in [0.4, 0.5) is 5.82 Å². The molecular formula is C20H25N3O4S. The topological polar surface area (TPSA) is 93.3 Å². The van der Waals surface area contributed by atoms with Gasteiger partial charge in [-0.2, -0.15) is 0 Å². The Balaban J connectivity index is 2.03. The van der Waals surface area contributed by atoms with Crippen LogP contribution in [0, 0.1) is 0 Å². The fraction of sp³-hybridized carbons (Fsp3) is 0.450. The molecule has 1 unspecified atom stereocenters. The molecule has 1 amide bonds. The van der Waals surface area contributed by atoms with Gasteiger partial charge in [0.1, 0.15) is 5.82 Å². The third kappa shape index (κ3) is 4.32. The van der Waals surface area contributed by atoms with Crippen LogP contribution in [0.3, 0.4) is 0 Å². The molecule has 0 spiro atoms. The van der Waals surface area contributed by atoms with Crippen LogP contribution in [0.25, 0.3) is 0 Å². The van der Waals surface area contributed by atoms with E-state index in [0.29, 0.717) is 41.3 Å². The molecule has 0 saturated carbocycles. The molecule has 2 aromatic rings. The first-order valence-electron chi connectivity index (χ1n) is 9.53. The molecule has 0 radical (unpaired) electrons. The average molecular weight is 404 g/mol. The minimum atomic E-state index is -0.389. The van der Waals surface area contributed by atoms with Crippen molar-refractivity contribution in [2.24, 2.45) is 0 Å². The minimum absolute atomic E-state index is 0.158. The van der Waals surface area contributed by atoms with E-state index in [9.17, 15) is 9.59 Å². The van der Waals surface area contributed by atoms with Gasteiger partial charge in [-0.05, 0) is 38.0 Å². The van der Waals surface area contributed by atoms with Crippen LogP contribution in [-0.2, 0) is 4.79 Å². The van der Waals surface area contributed by atoms with E-state index in [4.69, 9.17) is 9.47 Å².